The summed E-state index contributed by atoms with van der Waals surface area (Å²) in [6.45, 7) is 10.8. The number of hydrogen-bond acceptors (Lipinski definition) is 6. The molecule has 0 aliphatic carbocycles. The molecule has 4 amide bonds. The van der Waals surface area contributed by atoms with Crippen molar-refractivity contribution < 1.29 is 19.1 Å². The average Bonchev–Trinajstić information content (AvgIpc) is 2.66. The Labute approximate surface area is 177 Å². The summed E-state index contributed by atoms with van der Waals surface area (Å²) in [6, 6.07) is 4.67. The lowest BCUT2D eigenvalue weighted by molar-refractivity contribution is 0.0483. The van der Waals surface area contributed by atoms with Gasteiger partial charge in [-0.15, -0.1) is 0 Å². The maximum absolute atomic E-state index is 12.5. The smallest absolute Gasteiger partial charge is 0.426 e. The molecule has 0 atom stereocenters. The van der Waals surface area contributed by atoms with Crippen LogP contribution in [-0.4, -0.2) is 68.3 Å². The van der Waals surface area contributed by atoms with E-state index in [1.165, 1.54) is 0 Å². The van der Waals surface area contributed by atoms with Crippen molar-refractivity contribution in [1.29, 1.82) is 0 Å². The number of nitrogens with zero attached hydrogens (tertiary/aromatic N) is 2. The van der Waals surface area contributed by atoms with Crippen LogP contribution >= 0.6 is 0 Å². The molecule has 0 aromatic heterocycles. The fourth-order valence-electron chi connectivity index (χ4n) is 2.90. The number of amides is 4. The minimum absolute atomic E-state index is 0.309. The zero-order valence-corrected chi connectivity index (χ0v) is 18.3. The zero-order valence-electron chi connectivity index (χ0n) is 18.3. The van der Waals surface area contributed by atoms with E-state index in [2.05, 4.69) is 38.3 Å². The zero-order chi connectivity index (χ0) is 22.3. The Morgan fingerprint density at radius 3 is 2.33 bits per heavy atom. The van der Waals surface area contributed by atoms with Gasteiger partial charge >= 0.3 is 12.1 Å². The largest absolute Gasteiger partial charge is 0.443 e. The van der Waals surface area contributed by atoms with E-state index in [0.29, 0.717) is 17.8 Å². The van der Waals surface area contributed by atoms with Gasteiger partial charge in [0.05, 0.1) is 11.4 Å². The number of ether oxygens (including phenoxy) is 1. The molecular formula is C20H32N6O4. The first-order chi connectivity index (χ1) is 14.1. The summed E-state index contributed by atoms with van der Waals surface area (Å²) in [5.41, 5.74) is 5.63. The normalized spacial score (nSPS) is 14.6. The lowest BCUT2D eigenvalue weighted by Gasteiger charge is -2.35. The van der Waals surface area contributed by atoms with Crippen molar-refractivity contribution in [3.63, 3.8) is 0 Å². The molecule has 10 nitrogen and oxygen atoms in total. The second-order valence-electron chi connectivity index (χ2n) is 8.09. The molecule has 1 aromatic carbocycles. The van der Waals surface area contributed by atoms with E-state index in [0.717, 1.165) is 31.9 Å². The maximum Gasteiger partial charge on any atom is 0.426 e. The van der Waals surface area contributed by atoms with Crippen molar-refractivity contribution in [2.45, 2.75) is 33.3 Å². The van der Waals surface area contributed by atoms with Crippen LogP contribution in [0.3, 0.4) is 0 Å². The van der Waals surface area contributed by atoms with Crippen LogP contribution in [0.5, 0.6) is 0 Å². The third-order valence-corrected chi connectivity index (χ3v) is 4.37. The molecular weight excluding hydrogens is 388 g/mol. The third-order valence-electron chi connectivity index (χ3n) is 4.37. The molecule has 0 radical (unpaired) electrons. The molecule has 10 heteroatoms. The summed E-state index contributed by atoms with van der Waals surface area (Å²) in [5, 5.41) is 5.54. The Kier molecular flexibility index (Phi) is 7.87. The summed E-state index contributed by atoms with van der Waals surface area (Å²) in [7, 11) is 2.05. The van der Waals surface area contributed by atoms with Crippen molar-refractivity contribution in [2.75, 3.05) is 50.0 Å². The first-order valence-electron chi connectivity index (χ1n) is 10.0. The highest BCUT2D eigenvalue weighted by molar-refractivity contribution is 5.99. The summed E-state index contributed by atoms with van der Waals surface area (Å²) in [6.07, 6.45) is -0.746. The molecule has 1 aromatic rings. The van der Waals surface area contributed by atoms with E-state index < -0.39 is 17.6 Å². The van der Waals surface area contributed by atoms with E-state index >= 15 is 0 Å². The average molecular weight is 421 g/mol. The van der Waals surface area contributed by atoms with E-state index in [1.54, 1.807) is 39.0 Å². The monoisotopic (exact) mass is 420 g/mol. The summed E-state index contributed by atoms with van der Waals surface area (Å²) < 4.78 is 5.11. The molecule has 1 aliphatic rings. The molecule has 1 fully saturated rings. The van der Waals surface area contributed by atoms with Crippen molar-refractivity contribution in [2.24, 2.45) is 0 Å². The molecule has 0 saturated carbocycles. The number of likely N-dealkylation sites (N-methyl/N-ethyl adjacent to an activating group) is 1. The Morgan fingerprint density at radius 2 is 1.73 bits per heavy atom. The minimum atomic E-state index is -0.746. The highest BCUT2D eigenvalue weighted by Crippen LogP contribution is 2.28. The van der Waals surface area contributed by atoms with Gasteiger partial charge in [-0.05, 0) is 52.9 Å². The first-order valence-corrected chi connectivity index (χ1v) is 10.0. The van der Waals surface area contributed by atoms with Crippen LogP contribution in [-0.2, 0) is 4.74 Å². The summed E-state index contributed by atoms with van der Waals surface area (Å²) >= 11 is 0. The summed E-state index contributed by atoms with van der Waals surface area (Å²) in [5.74, 6) is -0.485. The fourth-order valence-corrected chi connectivity index (χ4v) is 2.90. The van der Waals surface area contributed by atoms with Crippen molar-refractivity contribution in [3.8, 4) is 0 Å². The second kappa shape index (κ2) is 10.1. The third kappa shape index (κ3) is 7.11. The number of carbonyl (C=O) groups is 3. The highest BCUT2D eigenvalue weighted by Gasteiger charge is 2.21. The van der Waals surface area contributed by atoms with Crippen LogP contribution in [0.2, 0.25) is 0 Å². The van der Waals surface area contributed by atoms with Gasteiger partial charge in [-0.25, -0.2) is 15.0 Å². The van der Waals surface area contributed by atoms with Gasteiger partial charge in [0.1, 0.15) is 5.60 Å². The molecule has 1 aliphatic heterocycles. The van der Waals surface area contributed by atoms with Crippen LogP contribution in [0.15, 0.2) is 18.2 Å². The molecule has 0 spiro atoms. The number of carbonyl (C=O) groups excluding carboxylic acids is 3. The minimum Gasteiger partial charge on any atom is -0.443 e. The van der Waals surface area contributed by atoms with Gasteiger partial charge in [-0.1, -0.05) is 0 Å². The first kappa shape index (κ1) is 23.3. The lowest BCUT2D eigenvalue weighted by Crippen LogP contribution is -2.45. The highest BCUT2D eigenvalue weighted by atomic mass is 16.6. The van der Waals surface area contributed by atoms with Crippen molar-refractivity contribution >= 4 is 29.4 Å². The van der Waals surface area contributed by atoms with E-state index in [1.807, 2.05) is 6.92 Å². The van der Waals surface area contributed by atoms with Crippen LogP contribution < -0.4 is 26.4 Å². The van der Waals surface area contributed by atoms with Crippen molar-refractivity contribution in [1.82, 2.24) is 21.1 Å². The fraction of sp³-hybridized carbons (Fsp3) is 0.550. The van der Waals surface area contributed by atoms with Gasteiger partial charge in [-0.2, -0.15) is 0 Å². The Hall–Kier alpha value is -3.01. The molecule has 2 rings (SSSR count). The number of hydrazine groups is 1. The maximum atomic E-state index is 12.5. The van der Waals surface area contributed by atoms with Gasteiger partial charge in [0.15, 0.2) is 0 Å². The number of piperazine rings is 1. The van der Waals surface area contributed by atoms with Crippen LogP contribution in [0, 0.1) is 0 Å². The Morgan fingerprint density at radius 1 is 1.07 bits per heavy atom. The molecule has 0 bridgehead atoms. The van der Waals surface area contributed by atoms with Gasteiger partial charge in [0.25, 0.3) is 5.91 Å². The second-order valence-corrected chi connectivity index (χ2v) is 8.09. The Bertz CT molecular complexity index is 769. The predicted octanol–water partition coefficient (Wildman–Crippen LogP) is 1.75. The lowest BCUT2D eigenvalue weighted by atomic mass is 10.1. The quantitative estimate of drug-likeness (QED) is 0.552. The van der Waals surface area contributed by atoms with Gasteiger partial charge in [0.2, 0.25) is 0 Å². The van der Waals surface area contributed by atoms with E-state index in [-0.39, 0.29) is 6.03 Å². The van der Waals surface area contributed by atoms with Crippen LogP contribution in [0.1, 0.15) is 38.1 Å². The van der Waals surface area contributed by atoms with E-state index in [4.69, 9.17) is 4.74 Å². The number of anilines is 2. The van der Waals surface area contributed by atoms with E-state index in [9.17, 15) is 14.4 Å². The van der Waals surface area contributed by atoms with Crippen molar-refractivity contribution in [3.05, 3.63) is 23.8 Å². The molecule has 0 unspecified atom stereocenters. The van der Waals surface area contributed by atoms with Gasteiger partial charge in [0, 0.05) is 38.3 Å². The van der Waals surface area contributed by atoms with Gasteiger partial charge < -0.3 is 25.2 Å². The van der Waals surface area contributed by atoms with Gasteiger partial charge in [-0.3, -0.25) is 10.2 Å². The molecule has 30 heavy (non-hydrogen) atoms. The number of urea groups is 1. The summed E-state index contributed by atoms with van der Waals surface area (Å²) in [4.78, 5) is 40.7. The molecule has 166 valence electrons. The number of nitrogens with one attached hydrogen (secondary N) is 4. The van der Waals surface area contributed by atoms with Crippen LogP contribution in [0.25, 0.3) is 0 Å². The topological polar surface area (TPSA) is 115 Å². The number of rotatable bonds is 4. The molecule has 1 heterocycles. The molecule has 4 N–H and O–H groups in total. The predicted molar refractivity (Wildman–Crippen MR) is 116 cm³/mol. The molecule has 1 saturated heterocycles. The number of benzene rings is 1. The Balaban J connectivity index is 2.16. The van der Waals surface area contributed by atoms with Crippen LogP contribution in [0.4, 0.5) is 21.0 Å². The SMILES string of the molecule is CCNC(=O)Nc1ccc(C(=O)NNC(=O)OC(C)(C)C)cc1N1CCN(C)CC1. The number of hydrogen-bond donors (Lipinski definition) is 4. The standard InChI is InChI=1S/C20H32N6O4/c1-6-21-18(28)22-15-8-7-14(13-16(15)26-11-9-25(5)10-12-26)17(27)23-24-19(29)30-20(2,3)4/h7-8,13H,6,9-12H2,1-5H3,(H,23,27)(H,24,29)(H2,21,22,28).